The van der Waals surface area contributed by atoms with Crippen molar-refractivity contribution < 1.29 is 0 Å². The summed E-state index contributed by atoms with van der Waals surface area (Å²) in [6, 6.07) is 0. The Morgan fingerprint density at radius 2 is 1.83 bits per heavy atom. The molecule has 5 nitrogen and oxygen atoms in total. The molecule has 12 heavy (non-hydrogen) atoms. The molecule has 1 aromatic heterocycles. The molecule has 0 bridgehead atoms. The Morgan fingerprint density at radius 3 is 2.33 bits per heavy atom. The van der Waals surface area contributed by atoms with Crippen LogP contribution >= 0.6 is 11.8 Å². The molecule has 0 amide bonds. The van der Waals surface area contributed by atoms with Gasteiger partial charge in [-0.25, -0.2) is 0 Å². The van der Waals surface area contributed by atoms with Crippen molar-refractivity contribution in [3.8, 4) is 0 Å². The zero-order valence-electron chi connectivity index (χ0n) is 6.40. The SMILES string of the molecule is C=CCSc1nc(N)nc(N)n1. The minimum absolute atomic E-state index is 0.147. The third-order valence-corrected chi connectivity index (χ3v) is 1.82. The molecule has 0 atom stereocenters. The lowest BCUT2D eigenvalue weighted by atomic mass is 10.8. The highest BCUT2D eigenvalue weighted by molar-refractivity contribution is 7.99. The number of hydrogen-bond acceptors (Lipinski definition) is 6. The van der Waals surface area contributed by atoms with Gasteiger partial charge in [0, 0.05) is 5.75 Å². The number of nitrogens with two attached hydrogens (primary N) is 2. The van der Waals surface area contributed by atoms with Gasteiger partial charge in [0.1, 0.15) is 0 Å². The van der Waals surface area contributed by atoms with Gasteiger partial charge in [-0.15, -0.1) is 6.58 Å². The quantitative estimate of drug-likeness (QED) is 0.518. The second kappa shape index (κ2) is 3.91. The summed E-state index contributed by atoms with van der Waals surface area (Å²) in [5, 5.41) is 0.528. The van der Waals surface area contributed by atoms with Crippen molar-refractivity contribution in [1.82, 2.24) is 15.0 Å². The second-order valence-electron chi connectivity index (χ2n) is 1.93. The summed E-state index contributed by atoms with van der Waals surface area (Å²) in [6.45, 7) is 3.57. The van der Waals surface area contributed by atoms with E-state index in [1.54, 1.807) is 6.08 Å². The van der Waals surface area contributed by atoms with Crippen molar-refractivity contribution in [1.29, 1.82) is 0 Å². The van der Waals surface area contributed by atoms with Gasteiger partial charge in [-0.1, -0.05) is 17.8 Å². The lowest BCUT2D eigenvalue weighted by Gasteiger charge is -1.98. The van der Waals surface area contributed by atoms with Crippen molar-refractivity contribution in [3.63, 3.8) is 0 Å². The summed E-state index contributed by atoms with van der Waals surface area (Å²) in [4.78, 5) is 11.4. The fraction of sp³-hybridized carbons (Fsp3) is 0.167. The second-order valence-corrected chi connectivity index (χ2v) is 2.92. The lowest BCUT2D eigenvalue weighted by Crippen LogP contribution is -2.03. The summed E-state index contributed by atoms with van der Waals surface area (Å²) in [6.07, 6.45) is 1.75. The largest absolute Gasteiger partial charge is 0.368 e. The fourth-order valence-electron chi connectivity index (χ4n) is 0.586. The van der Waals surface area contributed by atoms with Crippen molar-refractivity contribution in [3.05, 3.63) is 12.7 Å². The van der Waals surface area contributed by atoms with E-state index in [1.807, 2.05) is 0 Å². The number of nitrogens with zero attached hydrogens (tertiary/aromatic N) is 3. The highest BCUT2D eigenvalue weighted by atomic mass is 32.2. The minimum atomic E-state index is 0.147. The Kier molecular flexibility index (Phi) is 2.87. The smallest absolute Gasteiger partial charge is 0.225 e. The summed E-state index contributed by atoms with van der Waals surface area (Å²) < 4.78 is 0. The maximum atomic E-state index is 5.35. The first kappa shape index (κ1) is 8.79. The van der Waals surface area contributed by atoms with E-state index in [0.717, 1.165) is 5.75 Å². The Morgan fingerprint density at radius 1 is 1.25 bits per heavy atom. The van der Waals surface area contributed by atoms with E-state index in [4.69, 9.17) is 11.5 Å². The number of anilines is 2. The first-order valence-electron chi connectivity index (χ1n) is 3.23. The molecule has 0 aromatic carbocycles. The highest BCUT2D eigenvalue weighted by Crippen LogP contribution is 2.13. The predicted molar refractivity (Wildman–Crippen MR) is 49.6 cm³/mol. The molecule has 0 spiro atoms. The summed E-state index contributed by atoms with van der Waals surface area (Å²) >= 11 is 1.41. The van der Waals surface area contributed by atoms with Crippen molar-refractivity contribution >= 4 is 23.7 Å². The Hall–Kier alpha value is -1.30. The number of nitrogen functional groups attached to an aromatic ring is 2. The zero-order chi connectivity index (χ0) is 8.97. The fourth-order valence-corrected chi connectivity index (χ4v) is 1.17. The molecule has 64 valence electrons. The summed E-state index contributed by atoms with van der Waals surface area (Å²) in [5.41, 5.74) is 10.7. The minimum Gasteiger partial charge on any atom is -0.368 e. The molecule has 0 saturated heterocycles. The lowest BCUT2D eigenvalue weighted by molar-refractivity contribution is 0.931. The van der Waals surface area contributed by atoms with Crippen LogP contribution in [-0.2, 0) is 0 Å². The molecular formula is C6H9N5S. The third-order valence-electron chi connectivity index (χ3n) is 0.980. The number of hydrogen-bond donors (Lipinski definition) is 2. The van der Waals surface area contributed by atoms with E-state index < -0.39 is 0 Å². The molecule has 1 aromatic rings. The molecule has 0 fully saturated rings. The van der Waals surface area contributed by atoms with Gasteiger partial charge in [-0.2, -0.15) is 15.0 Å². The molecule has 0 radical (unpaired) electrons. The average molecular weight is 183 g/mol. The van der Waals surface area contributed by atoms with E-state index >= 15 is 0 Å². The molecule has 4 N–H and O–H groups in total. The molecule has 0 aliphatic carbocycles. The standard InChI is InChI=1S/C6H9N5S/c1-2-3-12-6-10-4(7)9-5(8)11-6/h2H,1,3H2,(H4,7,8,9,10,11). The first-order valence-corrected chi connectivity index (χ1v) is 4.21. The Labute approximate surface area is 74.3 Å². The van der Waals surface area contributed by atoms with Crippen LogP contribution in [0.1, 0.15) is 0 Å². The number of rotatable bonds is 3. The van der Waals surface area contributed by atoms with Gasteiger partial charge < -0.3 is 11.5 Å². The highest BCUT2D eigenvalue weighted by Gasteiger charge is 2.00. The van der Waals surface area contributed by atoms with Crippen LogP contribution in [0, 0.1) is 0 Å². The third kappa shape index (κ3) is 2.39. The van der Waals surface area contributed by atoms with Crippen LogP contribution in [0.5, 0.6) is 0 Å². The van der Waals surface area contributed by atoms with Crippen LogP contribution in [0.4, 0.5) is 11.9 Å². The maximum Gasteiger partial charge on any atom is 0.225 e. The van der Waals surface area contributed by atoms with Crippen LogP contribution in [0.25, 0.3) is 0 Å². The average Bonchev–Trinajstić information content (AvgIpc) is 1.99. The van der Waals surface area contributed by atoms with Crippen LogP contribution in [-0.4, -0.2) is 20.7 Å². The van der Waals surface area contributed by atoms with Crippen LogP contribution in [0.3, 0.4) is 0 Å². The molecule has 0 aliphatic heterocycles. The predicted octanol–water partition coefficient (Wildman–Crippen LogP) is 0.314. The molecule has 0 saturated carbocycles. The van der Waals surface area contributed by atoms with Crippen molar-refractivity contribution in [2.45, 2.75) is 5.16 Å². The van der Waals surface area contributed by atoms with Crippen molar-refractivity contribution in [2.24, 2.45) is 0 Å². The number of aromatic nitrogens is 3. The molecule has 6 heteroatoms. The van der Waals surface area contributed by atoms with E-state index in [1.165, 1.54) is 11.8 Å². The molecule has 1 heterocycles. The maximum absolute atomic E-state index is 5.35. The summed E-state index contributed by atoms with van der Waals surface area (Å²) in [7, 11) is 0. The first-order chi connectivity index (χ1) is 5.72. The molecule has 1 rings (SSSR count). The van der Waals surface area contributed by atoms with Gasteiger partial charge in [-0.05, 0) is 0 Å². The van der Waals surface area contributed by atoms with E-state index in [2.05, 4.69) is 21.5 Å². The molecular weight excluding hydrogens is 174 g/mol. The normalized spacial score (nSPS) is 9.67. The Bertz CT molecular complexity index is 267. The van der Waals surface area contributed by atoms with Gasteiger partial charge in [-0.3, -0.25) is 0 Å². The van der Waals surface area contributed by atoms with Gasteiger partial charge in [0.05, 0.1) is 0 Å². The van der Waals surface area contributed by atoms with Gasteiger partial charge in [0.25, 0.3) is 0 Å². The zero-order valence-corrected chi connectivity index (χ0v) is 7.21. The van der Waals surface area contributed by atoms with Gasteiger partial charge >= 0.3 is 0 Å². The Balaban J connectivity index is 2.78. The van der Waals surface area contributed by atoms with E-state index in [-0.39, 0.29) is 11.9 Å². The van der Waals surface area contributed by atoms with Gasteiger partial charge in [0.15, 0.2) is 5.16 Å². The van der Waals surface area contributed by atoms with Crippen LogP contribution in [0.15, 0.2) is 17.8 Å². The number of thioether (sulfide) groups is 1. The van der Waals surface area contributed by atoms with Crippen molar-refractivity contribution in [2.75, 3.05) is 17.2 Å². The molecule has 0 aliphatic rings. The van der Waals surface area contributed by atoms with E-state index in [0.29, 0.717) is 5.16 Å². The van der Waals surface area contributed by atoms with Crippen LogP contribution < -0.4 is 11.5 Å². The van der Waals surface area contributed by atoms with Crippen LogP contribution in [0.2, 0.25) is 0 Å². The topological polar surface area (TPSA) is 90.7 Å². The summed E-state index contributed by atoms with van der Waals surface area (Å²) in [5.74, 6) is 1.02. The monoisotopic (exact) mass is 183 g/mol. The molecule has 0 unspecified atom stereocenters. The van der Waals surface area contributed by atoms with E-state index in [9.17, 15) is 0 Å². The van der Waals surface area contributed by atoms with Gasteiger partial charge in [0.2, 0.25) is 11.9 Å².